The zero-order valence-electron chi connectivity index (χ0n) is 13.5. The number of nitrogens with zero attached hydrogens (tertiary/aromatic N) is 3. The molecule has 0 aliphatic carbocycles. The van der Waals surface area contributed by atoms with E-state index in [1.165, 1.54) is 6.07 Å². The smallest absolute Gasteiger partial charge is 0.250 e. The number of hydrogen-bond acceptors (Lipinski definition) is 5. The summed E-state index contributed by atoms with van der Waals surface area (Å²) in [4.78, 5) is 20.7. The van der Waals surface area contributed by atoms with Crippen LogP contribution in [0.2, 0.25) is 0 Å². The van der Waals surface area contributed by atoms with Gasteiger partial charge in [0.25, 0.3) is 5.56 Å². The van der Waals surface area contributed by atoms with Gasteiger partial charge in [-0.2, -0.15) is 0 Å². The van der Waals surface area contributed by atoms with E-state index < -0.39 is 0 Å². The first-order valence-corrected chi connectivity index (χ1v) is 7.60. The van der Waals surface area contributed by atoms with E-state index in [2.05, 4.69) is 9.97 Å². The van der Waals surface area contributed by atoms with Gasteiger partial charge in [-0.15, -0.1) is 0 Å². The molecule has 0 aliphatic rings. The summed E-state index contributed by atoms with van der Waals surface area (Å²) in [6.45, 7) is 3.88. The highest BCUT2D eigenvalue weighted by Crippen LogP contribution is 2.27. The fraction of sp³-hybridized carbons (Fsp3) is 0.167. The topological polar surface area (TPSA) is 94.0 Å². The summed E-state index contributed by atoms with van der Waals surface area (Å²) >= 11 is 0. The van der Waals surface area contributed by atoms with Crippen LogP contribution in [0.3, 0.4) is 0 Å². The van der Waals surface area contributed by atoms with Crippen LogP contribution in [0.15, 0.2) is 53.6 Å². The normalized spacial score (nSPS) is 11.0. The van der Waals surface area contributed by atoms with Gasteiger partial charge in [0.05, 0.1) is 11.9 Å². The number of aromatic nitrogens is 3. The van der Waals surface area contributed by atoms with Gasteiger partial charge in [-0.1, -0.05) is 12.1 Å². The molecular formula is C18H18N4O2. The maximum absolute atomic E-state index is 11.9. The molecule has 122 valence electrons. The third-order valence-electron chi connectivity index (χ3n) is 3.71. The highest BCUT2D eigenvalue weighted by Gasteiger charge is 2.11. The minimum atomic E-state index is -0.0645. The molecule has 0 radical (unpaired) electrons. The molecular weight excluding hydrogens is 304 g/mol. The molecule has 0 unspecified atom stereocenters. The summed E-state index contributed by atoms with van der Waals surface area (Å²) in [5.74, 6) is 0.411. The van der Waals surface area contributed by atoms with Crippen molar-refractivity contribution in [2.24, 2.45) is 0 Å². The predicted molar refractivity (Wildman–Crippen MR) is 93.6 cm³/mol. The molecule has 3 N–H and O–H groups in total. The van der Waals surface area contributed by atoms with Crippen LogP contribution < -0.4 is 11.3 Å². The standard InChI is InChI=1S/C18H18N4O2/c1-11(2)22-10-13(6-7-16(22)24)15-9-20-18(19)17(21-15)12-4-3-5-14(23)8-12/h3-11,23H,1-2H3,(H2,19,20). The van der Waals surface area contributed by atoms with Crippen molar-refractivity contribution in [2.75, 3.05) is 5.73 Å². The fourth-order valence-electron chi connectivity index (χ4n) is 2.46. The summed E-state index contributed by atoms with van der Waals surface area (Å²) in [6.07, 6.45) is 3.34. The molecule has 3 rings (SSSR count). The van der Waals surface area contributed by atoms with Crippen LogP contribution in [0.5, 0.6) is 5.75 Å². The van der Waals surface area contributed by atoms with Gasteiger partial charge in [0.2, 0.25) is 0 Å². The van der Waals surface area contributed by atoms with Gasteiger partial charge in [-0.25, -0.2) is 9.97 Å². The van der Waals surface area contributed by atoms with Crippen LogP contribution in [-0.2, 0) is 0 Å². The highest BCUT2D eigenvalue weighted by molar-refractivity contribution is 5.73. The van der Waals surface area contributed by atoms with E-state index in [0.717, 1.165) is 5.56 Å². The Kier molecular flexibility index (Phi) is 4.04. The molecule has 0 fully saturated rings. The summed E-state index contributed by atoms with van der Waals surface area (Å²) in [7, 11) is 0. The molecule has 0 aliphatic heterocycles. The van der Waals surface area contributed by atoms with E-state index in [0.29, 0.717) is 17.0 Å². The Balaban J connectivity index is 2.12. The molecule has 24 heavy (non-hydrogen) atoms. The van der Waals surface area contributed by atoms with Gasteiger partial charge in [0, 0.05) is 29.4 Å². The lowest BCUT2D eigenvalue weighted by Crippen LogP contribution is -2.20. The first-order valence-electron chi connectivity index (χ1n) is 7.60. The maximum Gasteiger partial charge on any atom is 0.250 e. The Morgan fingerprint density at radius 2 is 1.96 bits per heavy atom. The number of pyridine rings is 1. The second-order valence-corrected chi connectivity index (χ2v) is 5.80. The lowest BCUT2D eigenvalue weighted by Gasteiger charge is -2.12. The van der Waals surface area contributed by atoms with Crippen LogP contribution in [0.1, 0.15) is 19.9 Å². The average Bonchev–Trinajstić information content (AvgIpc) is 2.55. The Hall–Kier alpha value is -3.15. The molecule has 0 atom stereocenters. The summed E-state index contributed by atoms with van der Waals surface area (Å²) in [5.41, 5.74) is 8.43. The number of aromatic hydroxyl groups is 1. The number of benzene rings is 1. The van der Waals surface area contributed by atoms with Crippen LogP contribution in [0.4, 0.5) is 5.82 Å². The summed E-state index contributed by atoms with van der Waals surface area (Å²) < 4.78 is 1.64. The van der Waals surface area contributed by atoms with E-state index in [1.807, 2.05) is 13.8 Å². The number of phenolic OH excluding ortho intramolecular Hbond substituents is 1. The van der Waals surface area contributed by atoms with Crippen molar-refractivity contribution < 1.29 is 5.11 Å². The van der Waals surface area contributed by atoms with E-state index >= 15 is 0 Å². The van der Waals surface area contributed by atoms with Crippen LogP contribution in [-0.4, -0.2) is 19.6 Å². The molecule has 0 amide bonds. The molecule has 6 heteroatoms. The average molecular weight is 322 g/mol. The first-order chi connectivity index (χ1) is 11.5. The molecule has 6 nitrogen and oxygen atoms in total. The lowest BCUT2D eigenvalue weighted by molar-refractivity contribution is 0.475. The number of anilines is 1. The first kappa shape index (κ1) is 15.7. The Bertz CT molecular complexity index is 948. The Morgan fingerprint density at radius 3 is 2.67 bits per heavy atom. The van der Waals surface area contributed by atoms with E-state index in [-0.39, 0.29) is 23.2 Å². The van der Waals surface area contributed by atoms with Gasteiger partial charge in [-0.05, 0) is 32.0 Å². The van der Waals surface area contributed by atoms with Gasteiger partial charge in [-0.3, -0.25) is 4.79 Å². The summed E-state index contributed by atoms with van der Waals surface area (Å²) in [6, 6.07) is 9.96. The largest absolute Gasteiger partial charge is 0.508 e. The van der Waals surface area contributed by atoms with E-state index in [9.17, 15) is 9.90 Å². The molecule has 0 spiro atoms. The predicted octanol–water partition coefficient (Wildman–Crippen LogP) is 2.84. The van der Waals surface area contributed by atoms with E-state index in [1.54, 1.807) is 47.3 Å². The Labute approximate surface area is 139 Å². The van der Waals surface area contributed by atoms with Crippen molar-refractivity contribution in [3.8, 4) is 28.3 Å². The van der Waals surface area contributed by atoms with Gasteiger partial charge < -0.3 is 15.4 Å². The fourth-order valence-corrected chi connectivity index (χ4v) is 2.46. The SMILES string of the molecule is CC(C)n1cc(-c2cnc(N)c(-c3cccc(O)c3)n2)ccc1=O. The van der Waals surface area contributed by atoms with Gasteiger partial charge >= 0.3 is 0 Å². The van der Waals surface area contributed by atoms with Crippen molar-refractivity contribution in [2.45, 2.75) is 19.9 Å². The van der Waals surface area contributed by atoms with E-state index in [4.69, 9.17) is 5.73 Å². The van der Waals surface area contributed by atoms with Crippen molar-refractivity contribution in [1.82, 2.24) is 14.5 Å². The quantitative estimate of drug-likeness (QED) is 0.773. The second-order valence-electron chi connectivity index (χ2n) is 5.80. The molecule has 2 aromatic heterocycles. The molecule has 0 saturated carbocycles. The minimum Gasteiger partial charge on any atom is -0.508 e. The van der Waals surface area contributed by atoms with Crippen LogP contribution in [0.25, 0.3) is 22.5 Å². The minimum absolute atomic E-state index is 0.0460. The van der Waals surface area contributed by atoms with Crippen LogP contribution >= 0.6 is 0 Å². The van der Waals surface area contributed by atoms with Gasteiger partial charge in [0.15, 0.2) is 0 Å². The molecule has 1 aromatic carbocycles. The Morgan fingerprint density at radius 1 is 1.17 bits per heavy atom. The van der Waals surface area contributed by atoms with Crippen molar-refractivity contribution in [3.05, 3.63) is 59.1 Å². The number of phenols is 1. The number of nitrogen functional groups attached to an aromatic ring is 1. The number of hydrogen-bond donors (Lipinski definition) is 2. The number of rotatable bonds is 3. The molecule has 2 heterocycles. The zero-order chi connectivity index (χ0) is 17.3. The van der Waals surface area contributed by atoms with Gasteiger partial charge in [0.1, 0.15) is 17.3 Å². The zero-order valence-corrected chi connectivity index (χ0v) is 13.5. The summed E-state index contributed by atoms with van der Waals surface area (Å²) in [5, 5.41) is 9.65. The van der Waals surface area contributed by atoms with Crippen molar-refractivity contribution in [1.29, 1.82) is 0 Å². The monoisotopic (exact) mass is 322 g/mol. The molecule has 3 aromatic rings. The van der Waals surface area contributed by atoms with Crippen molar-refractivity contribution in [3.63, 3.8) is 0 Å². The van der Waals surface area contributed by atoms with Crippen LogP contribution in [0, 0.1) is 0 Å². The lowest BCUT2D eigenvalue weighted by atomic mass is 10.1. The number of nitrogens with two attached hydrogens (primary N) is 1. The highest BCUT2D eigenvalue weighted by atomic mass is 16.3. The molecule has 0 saturated heterocycles. The second kappa shape index (κ2) is 6.16. The maximum atomic E-state index is 11.9. The van der Waals surface area contributed by atoms with Crippen molar-refractivity contribution >= 4 is 5.82 Å². The third-order valence-corrected chi connectivity index (χ3v) is 3.71. The molecule has 0 bridgehead atoms. The third kappa shape index (κ3) is 2.99.